The lowest BCUT2D eigenvalue weighted by molar-refractivity contribution is 0.277. The van der Waals surface area contributed by atoms with Gasteiger partial charge in [0.2, 0.25) is 0 Å². The first-order valence-electron chi connectivity index (χ1n) is 9.25. The zero-order valence-corrected chi connectivity index (χ0v) is 17.6. The molecule has 0 saturated heterocycles. The molecule has 0 aliphatic carbocycles. The van der Waals surface area contributed by atoms with E-state index in [9.17, 15) is 14.3 Å². The normalized spacial score (nSPS) is 11.7. The van der Waals surface area contributed by atoms with E-state index in [4.69, 9.17) is 21.6 Å². The highest BCUT2D eigenvalue weighted by Crippen LogP contribution is 2.35. The molecule has 0 aliphatic heterocycles. The molecule has 6 nitrogen and oxygen atoms in total. The van der Waals surface area contributed by atoms with Crippen molar-refractivity contribution in [2.45, 2.75) is 6.42 Å². The van der Waals surface area contributed by atoms with Crippen molar-refractivity contribution in [3.8, 4) is 28.8 Å². The molecule has 0 unspecified atom stereocenters. The van der Waals surface area contributed by atoms with E-state index in [2.05, 4.69) is 11.1 Å². The van der Waals surface area contributed by atoms with Crippen LogP contribution in [0.15, 0.2) is 47.4 Å². The summed E-state index contributed by atoms with van der Waals surface area (Å²) in [5.74, 6) is -0.106. The van der Waals surface area contributed by atoms with Crippen LogP contribution in [0, 0.1) is 11.3 Å². The summed E-state index contributed by atoms with van der Waals surface area (Å²) in [6.07, 6.45) is 3.46. The first-order valence-corrected chi connectivity index (χ1v) is 10.4. The minimum atomic E-state index is -0.530. The number of benzene rings is 2. The number of rotatable bonds is 6. The number of fused-ring (bicyclic) bond motifs is 1. The smallest absolute Gasteiger partial charge is 0.274 e. The summed E-state index contributed by atoms with van der Waals surface area (Å²) in [5, 5.41) is 19.2. The number of imidazole rings is 1. The Balaban J connectivity index is 1.72. The van der Waals surface area contributed by atoms with Crippen molar-refractivity contribution in [2.75, 3.05) is 13.3 Å². The monoisotopic (exact) mass is 455 g/mol. The van der Waals surface area contributed by atoms with Crippen LogP contribution in [0.3, 0.4) is 0 Å². The minimum absolute atomic E-state index is 0.0671. The Morgan fingerprint density at radius 3 is 2.94 bits per heavy atom. The quantitative estimate of drug-likeness (QED) is 0.445. The molecule has 156 valence electrons. The van der Waals surface area contributed by atoms with E-state index in [1.165, 1.54) is 21.8 Å². The molecule has 0 bridgehead atoms. The molecule has 0 amide bonds. The van der Waals surface area contributed by atoms with E-state index >= 15 is 0 Å². The highest BCUT2D eigenvalue weighted by atomic mass is 35.5. The van der Waals surface area contributed by atoms with Gasteiger partial charge in [0.05, 0.1) is 40.2 Å². The average molecular weight is 456 g/mol. The van der Waals surface area contributed by atoms with Gasteiger partial charge in [-0.25, -0.2) is 4.98 Å². The predicted octanol–water partition coefficient (Wildman–Crippen LogP) is 3.94. The average Bonchev–Trinajstić information content (AvgIpc) is 3.31. The summed E-state index contributed by atoms with van der Waals surface area (Å²) >= 11 is 7.27. The maximum absolute atomic E-state index is 12.8. The summed E-state index contributed by atoms with van der Waals surface area (Å²) in [4.78, 5) is 17.9. The van der Waals surface area contributed by atoms with Gasteiger partial charge in [-0.1, -0.05) is 35.1 Å². The Kier molecular flexibility index (Phi) is 5.89. The number of thiazole rings is 1. The van der Waals surface area contributed by atoms with Crippen molar-refractivity contribution in [3.05, 3.63) is 73.6 Å². The van der Waals surface area contributed by atoms with Crippen molar-refractivity contribution in [2.24, 2.45) is 0 Å². The molecule has 2 aromatic heterocycles. The number of nitriles is 1. The second-order valence-electron chi connectivity index (χ2n) is 6.63. The first-order chi connectivity index (χ1) is 15.0. The molecule has 0 spiro atoms. The molecular formula is C22H15ClFN3O3S. The summed E-state index contributed by atoms with van der Waals surface area (Å²) in [6, 6.07) is 12.1. The number of halogens is 2. The largest absolute Gasteiger partial charge is 0.503 e. The number of aromatic nitrogens is 2. The van der Waals surface area contributed by atoms with Gasteiger partial charge in [0.1, 0.15) is 0 Å². The van der Waals surface area contributed by atoms with Crippen LogP contribution in [0.2, 0.25) is 5.02 Å². The number of phenolic OH excluding ortho intramolecular Hbond substituents is 1. The molecule has 4 rings (SSSR count). The van der Waals surface area contributed by atoms with Gasteiger partial charge in [-0.15, -0.1) is 0 Å². The zero-order valence-electron chi connectivity index (χ0n) is 16.0. The van der Waals surface area contributed by atoms with Gasteiger partial charge in [0.15, 0.2) is 16.5 Å². The fraction of sp³-hybridized carbons (Fsp3) is 0.136. The Morgan fingerprint density at radius 2 is 2.19 bits per heavy atom. The van der Waals surface area contributed by atoms with Gasteiger partial charge in [-0.05, 0) is 35.9 Å². The van der Waals surface area contributed by atoms with E-state index in [-0.39, 0.29) is 35.1 Å². The van der Waals surface area contributed by atoms with Crippen LogP contribution in [-0.2, 0) is 0 Å². The maximum atomic E-state index is 12.8. The molecule has 0 aliphatic rings. The van der Waals surface area contributed by atoms with E-state index in [1.807, 2.05) is 6.07 Å². The van der Waals surface area contributed by atoms with Crippen molar-refractivity contribution < 1.29 is 14.2 Å². The Hall–Kier alpha value is -3.41. The van der Waals surface area contributed by atoms with E-state index in [0.29, 0.717) is 26.3 Å². The standard InChI is InChI=1S/C22H15ClFN3O3S/c23-16-8-14(9-18(20(16)28)30-6-2-5-24)10-19-21(29)27-12-17(26-22(27)31-19)15-4-1-3-13(7-15)11-25/h1,3-4,7-10,12,28H,2,5-6H2. The highest BCUT2D eigenvalue weighted by Gasteiger charge is 2.12. The Bertz CT molecular complexity index is 1420. The highest BCUT2D eigenvalue weighted by molar-refractivity contribution is 7.15. The third kappa shape index (κ3) is 4.24. The van der Waals surface area contributed by atoms with E-state index in [1.54, 1.807) is 36.5 Å². The van der Waals surface area contributed by atoms with Crippen LogP contribution in [0.4, 0.5) is 4.39 Å². The molecule has 2 heterocycles. The van der Waals surface area contributed by atoms with Crippen LogP contribution in [0.5, 0.6) is 11.5 Å². The van der Waals surface area contributed by atoms with Gasteiger partial charge in [-0.3, -0.25) is 13.6 Å². The van der Waals surface area contributed by atoms with Gasteiger partial charge in [-0.2, -0.15) is 5.26 Å². The fourth-order valence-electron chi connectivity index (χ4n) is 3.00. The number of ether oxygens (including phenoxy) is 1. The summed E-state index contributed by atoms with van der Waals surface area (Å²) in [5.41, 5.74) is 2.17. The van der Waals surface area contributed by atoms with Gasteiger partial charge in [0, 0.05) is 18.2 Å². The second kappa shape index (κ2) is 8.76. The van der Waals surface area contributed by atoms with Crippen molar-refractivity contribution in [1.82, 2.24) is 9.38 Å². The van der Waals surface area contributed by atoms with Crippen LogP contribution in [0.25, 0.3) is 22.3 Å². The van der Waals surface area contributed by atoms with Crippen LogP contribution < -0.4 is 14.8 Å². The number of hydrogen-bond donors (Lipinski definition) is 1. The lowest BCUT2D eigenvalue weighted by Gasteiger charge is -2.09. The SMILES string of the molecule is N#Cc1cccc(-c2cn3c(=O)c(=Cc4cc(Cl)c(O)c(OCCCF)c4)sc3n2)c1. The van der Waals surface area contributed by atoms with Gasteiger partial charge in [0.25, 0.3) is 5.56 Å². The Morgan fingerprint density at radius 1 is 1.35 bits per heavy atom. The van der Waals surface area contributed by atoms with Crippen molar-refractivity contribution >= 4 is 34.0 Å². The number of hydrogen-bond acceptors (Lipinski definition) is 6. The zero-order chi connectivity index (χ0) is 22.0. The first kappa shape index (κ1) is 20.8. The van der Waals surface area contributed by atoms with E-state index in [0.717, 1.165) is 5.56 Å². The molecule has 0 atom stereocenters. The van der Waals surface area contributed by atoms with Gasteiger partial charge < -0.3 is 9.84 Å². The topological polar surface area (TPSA) is 87.6 Å². The van der Waals surface area contributed by atoms with Crippen molar-refractivity contribution in [3.63, 3.8) is 0 Å². The molecule has 2 aromatic carbocycles. The summed E-state index contributed by atoms with van der Waals surface area (Å²) < 4.78 is 19.6. The number of nitrogens with zero attached hydrogens (tertiary/aromatic N) is 3. The van der Waals surface area contributed by atoms with Crippen LogP contribution in [0.1, 0.15) is 17.5 Å². The third-order valence-corrected chi connectivity index (χ3v) is 5.75. The Labute approximate surface area is 185 Å². The number of aromatic hydroxyl groups is 1. The minimum Gasteiger partial charge on any atom is -0.503 e. The fourth-order valence-corrected chi connectivity index (χ4v) is 4.17. The summed E-state index contributed by atoms with van der Waals surface area (Å²) in [7, 11) is 0. The molecule has 1 N–H and O–H groups in total. The predicted molar refractivity (Wildman–Crippen MR) is 117 cm³/mol. The third-order valence-electron chi connectivity index (χ3n) is 4.48. The molecule has 0 saturated carbocycles. The van der Waals surface area contributed by atoms with Crippen LogP contribution >= 0.6 is 22.9 Å². The molecule has 4 aromatic rings. The van der Waals surface area contributed by atoms with E-state index < -0.39 is 6.67 Å². The summed E-state index contributed by atoms with van der Waals surface area (Å²) in [6.45, 7) is -0.434. The maximum Gasteiger partial charge on any atom is 0.274 e. The molecule has 0 fully saturated rings. The number of alkyl halides is 1. The molecule has 0 radical (unpaired) electrons. The molecule has 9 heteroatoms. The van der Waals surface area contributed by atoms with Gasteiger partial charge >= 0.3 is 0 Å². The lowest BCUT2D eigenvalue weighted by Crippen LogP contribution is -2.22. The number of phenols is 1. The van der Waals surface area contributed by atoms with Crippen molar-refractivity contribution in [1.29, 1.82) is 5.26 Å². The van der Waals surface area contributed by atoms with Crippen LogP contribution in [-0.4, -0.2) is 27.8 Å². The second-order valence-corrected chi connectivity index (χ2v) is 8.04. The molecular weight excluding hydrogens is 441 g/mol. The lowest BCUT2D eigenvalue weighted by atomic mass is 10.1. The molecule has 31 heavy (non-hydrogen) atoms.